The van der Waals surface area contributed by atoms with Crippen LogP contribution < -0.4 is 15.3 Å². The van der Waals surface area contributed by atoms with Crippen molar-refractivity contribution in [2.75, 3.05) is 17.3 Å². The van der Waals surface area contributed by atoms with Gasteiger partial charge in [0, 0.05) is 35.7 Å². The summed E-state index contributed by atoms with van der Waals surface area (Å²) in [6, 6.07) is 0. The van der Waals surface area contributed by atoms with E-state index < -0.39 is 17.9 Å². The second kappa shape index (κ2) is 28.3. The molecule has 31 heavy (non-hydrogen) atoms. The molecule has 0 aromatic carbocycles. The smallest absolute Gasteiger partial charge is 0.550 e. The van der Waals surface area contributed by atoms with Crippen LogP contribution in [0.25, 0.3) is 0 Å². The van der Waals surface area contributed by atoms with Gasteiger partial charge in [-0.3, -0.25) is 0 Å². The molecule has 0 aromatic heterocycles. The second-order valence-corrected chi connectivity index (χ2v) is 8.12. The van der Waals surface area contributed by atoms with E-state index in [1.807, 2.05) is 20.8 Å². The van der Waals surface area contributed by atoms with Crippen molar-refractivity contribution < 1.29 is 29.7 Å². The molecule has 2 radical (unpaired) electrons. The Morgan fingerprint density at radius 2 is 0.774 bits per heavy atom. The van der Waals surface area contributed by atoms with E-state index in [0.29, 0.717) is 36.5 Å². The van der Waals surface area contributed by atoms with E-state index in [9.17, 15) is 29.7 Å². The average Bonchev–Trinajstić information content (AvgIpc) is 2.70. The molecule has 3 atom stereocenters. The second-order valence-electron chi connectivity index (χ2n) is 7.02. The molecule has 0 rings (SSSR count). The quantitative estimate of drug-likeness (QED) is 0.190. The molecule has 0 aliphatic carbocycles. The number of unbranched alkanes of at least 4 members (excludes halogenated alkanes) is 3. The Balaban J connectivity index is -0.000000174. The normalized spacial score (nSPS) is 12.6. The zero-order valence-electron chi connectivity index (χ0n) is 19.0. The van der Waals surface area contributed by atoms with Crippen molar-refractivity contribution in [3.8, 4) is 0 Å². The van der Waals surface area contributed by atoms with Gasteiger partial charge < -0.3 is 29.7 Å². The van der Waals surface area contributed by atoms with Gasteiger partial charge in [0.2, 0.25) is 0 Å². The van der Waals surface area contributed by atoms with Gasteiger partial charge in [0.15, 0.2) is 0 Å². The summed E-state index contributed by atoms with van der Waals surface area (Å²) >= 11 is 11.7. The number of aliphatic carboxylic acids is 3. The Labute approximate surface area is 222 Å². The number of carbonyl (C=O) groups is 3. The van der Waals surface area contributed by atoms with Crippen LogP contribution in [0.5, 0.6) is 0 Å². The van der Waals surface area contributed by atoms with Crippen molar-refractivity contribution in [3.63, 3.8) is 0 Å². The number of hydrogen-bond donors (Lipinski definition) is 3. The van der Waals surface area contributed by atoms with Crippen molar-refractivity contribution >= 4 is 80.2 Å². The molecule has 0 fully saturated rings. The number of carbonyl (C=O) groups excluding carboxylic acids is 3. The Bertz CT molecular complexity index is 380. The van der Waals surface area contributed by atoms with Crippen LogP contribution in [0.4, 0.5) is 0 Å². The van der Waals surface area contributed by atoms with Crippen LogP contribution in [-0.4, -0.2) is 59.6 Å². The summed E-state index contributed by atoms with van der Waals surface area (Å²) in [5.74, 6) is -2.81. The van der Waals surface area contributed by atoms with Gasteiger partial charge in [0.1, 0.15) is 0 Å². The SMILES string of the molecule is CCCCC(CS)C(=O)[O-].CCCCC(CS)C(=O)[O-].CCCCC(CS)C(=O)[O-].[Sb+3]. The number of hydrogen-bond acceptors (Lipinski definition) is 9. The third kappa shape index (κ3) is 26.4. The molecule has 0 bridgehead atoms. The van der Waals surface area contributed by atoms with Gasteiger partial charge in [-0.05, 0) is 36.5 Å². The van der Waals surface area contributed by atoms with Gasteiger partial charge in [-0.15, -0.1) is 0 Å². The van der Waals surface area contributed by atoms with E-state index in [4.69, 9.17) is 0 Å². The molecule has 0 aliphatic rings. The summed E-state index contributed by atoms with van der Waals surface area (Å²) in [5.41, 5.74) is 0. The zero-order valence-corrected chi connectivity index (χ0v) is 24.2. The van der Waals surface area contributed by atoms with Crippen LogP contribution in [-0.2, 0) is 14.4 Å². The molecule has 0 aromatic rings. The monoisotopic (exact) mass is 604 g/mol. The molecule has 0 heterocycles. The van der Waals surface area contributed by atoms with Crippen molar-refractivity contribution in [2.45, 2.75) is 78.6 Å². The first-order chi connectivity index (χ1) is 14.2. The van der Waals surface area contributed by atoms with Gasteiger partial charge >= 0.3 is 24.4 Å². The van der Waals surface area contributed by atoms with E-state index >= 15 is 0 Å². The van der Waals surface area contributed by atoms with Gasteiger partial charge in [0.05, 0.1) is 0 Å². The summed E-state index contributed by atoms with van der Waals surface area (Å²) < 4.78 is 0. The maximum absolute atomic E-state index is 10.3. The zero-order chi connectivity index (χ0) is 23.9. The Kier molecular flexibility index (Phi) is 35.2. The van der Waals surface area contributed by atoms with Crippen molar-refractivity contribution in [3.05, 3.63) is 0 Å². The van der Waals surface area contributed by atoms with Crippen molar-refractivity contribution in [1.82, 2.24) is 0 Å². The molecule has 3 unspecified atom stereocenters. The molecular formula is C21H39O6S3Sb. The number of rotatable bonds is 15. The molecule has 0 saturated heterocycles. The van der Waals surface area contributed by atoms with Crippen LogP contribution in [0.1, 0.15) is 78.6 Å². The minimum Gasteiger partial charge on any atom is -0.550 e. The van der Waals surface area contributed by atoms with E-state index in [0.717, 1.165) is 38.5 Å². The van der Waals surface area contributed by atoms with E-state index in [2.05, 4.69) is 37.9 Å². The third-order valence-electron chi connectivity index (χ3n) is 4.38. The first-order valence-electron chi connectivity index (χ1n) is 10.6. The molecule has 0 N–H and O–H groups in total. The summed E-state index contributed by atoms with van der Waals surface area (Å²) in [7, 11) is 0. The molecule has 0 aliphatic heterocycles. The van der Waals surface area contributed by atoms with Crippen LogP contribution in [0.2, 0.25) is 0 Å². The molecule has 6 nitrogen and oxygen atoms in total. The van der Waals surface area contributed by atoms with E-state index in [1.165, 1.54) is 0 Å². The van der Waals surface area contributed by atoms with Crippen LogP contribution in [0.3, 0.4) is 0 Å². The molecule has 10 heteroatoms. The fraction of sp³-hybridized carbons (Fsp3) is 0.857. The van der Waals surface area contributed by atoms with Gasteiger partial charge in [0.25, 0.3) is 0 Å². The number of thiol groups is 3. The Morgan fingerprint density at radius 1 is 0.581 bits per heavy atom. The fourth-order valence-corrected chi connectivity index (χ4v) is 3.20. The topological polar surface area (TPSA) is 120 Å². The number of carboxylic acid groups (broad SMARTS) is 3. The fourth-order valence-electron chi connectivity index (χ4n) is 2.20. The molecule has 182 valence electrons. The predicted molar refractivity (Wildman–Crippen MR) is 131 cm³/mol. The summed E-state index contributed by atoms with van der Waals surface area (Å²) in [6.45, 7) is 6.10. The predicted octanol–water partition coefficient (Wildman–Crippen LogP) is 1.04. The molecule has 0 spiro atoms. The van der Waals surface area contributed by atoms with Gasteiger partial charge in [-0.1, -0.05) is 59.3 Å². The standard InChI is InChI=1S/3C7H14O2S.Sb/c3*1-2-3-4-6(5-10)7(8)9;/h3*6,10H,2-5H2,1H3,(H,8,9);/q;;;+3/p-3. The Hall–Kier alpha value is 0.278. The minimum absolute atomic E-state index is 0. The van der Waals surface area contributed by atoms with Crippen LogP contribution in [0.15, 0.2) is 0 Å². The van der Waals surface area contributed by atoms with Crippen molar-refractivity contribution in [1.29, 1.82) is 0 Å². The minimum atomic E-state index is -0.969. The van der Waals surface area contributed by atoms with Crippen LogP contribution in [0, 0.1) is 17.8 Å². The summed E-state index contributed by atoms with van der Waals surface area (Å²) in [5, 5.41) is 30.8. The summed E-state index contributed by atoms with van der Waals surface area (Å²) in [6.07, 6.45) is 8.00. The number of carboxylic acids is 3. The first kappa shape index (κ1) is 38.5. The first-order valence-corrected chi connectivity index (χ1v) is 12.5. The maximum atomic E-state index is 10.3. The van der Waals surface area contributed by atoms with Crippen LogP contribution >= 0.6 is 37.9 Å². The van der Waals surface area contributed by atoms with Gasteiger partial charge in [-0.2, -0.15) is 37.9 Å². The maximum Gasteiger partial charge on any atom is 3.00 e. The summed E-state index contributed by atoms with van der Waals surface area (Å²) in [4.78, 5) is 30.8. The molecule has 0 amide bonds. The third-order valence-corrected chi connectivity index (χ3v) is 5.70. The Morgan fingerprint density at radius 3 is 0.871 bits per heavy atom. The van der Waals surface area contributed by atoms with Crippen molar-refractivity contribution in [2.24, 2.45) is 17.8 Å². The molecular weight excluding hydrogens is 566 g/mol. The van der Waals surface area contributed by atoms with Gasteiger partial charge in [-0.25, -0.2) is 0 Å². The largest absolute Gasteiger partial charge is 3.00 e. The molecule has 0 saturated carbocycles. The van der Waals surface area contributed by atoms with E-state index in [1.54, 1.807) is 0 Å². The van der Waals surface area contributed by atoms with E-state index in [-0.39, 0.29) is 42.2 Å². The average molecular weight is 605 g/mol.